The van der Waals surface area contributed by atoms with Gasteiger partial charge in [-0.3, -0.25) is 9.59 Å². The van der Waals surface area contributed by atoms with Crippen molar-refractivity contribution in [1.82, 2.24) is 0 Å². The summed E-state index contributed by atoms with van der Waals surface area (Å²) < 4.78 is 4.93. The SMILES string of the molecule is COC(=O)[C@@H]1[C@@H]2CC[C@@H](C2)[C@H]1C(=O)c1ccc(C)cc1. The third-order valence-corrected chi connectivity index (χ3v) is 5.03. The van der Waals surface area contributed by atoms with E-state index in [4.69, 9.17) is 4.74 Å². The van der Waals surface area contributed by atoms with Gasteiger partial charge in [0.1, 0.15) is 0 Å². The summed E-state index contributed by atoms with van der Waals surface area (Å²) in [6, 6.07) is 7.65. The molecule has 106 valence electrons. The van der Waals surface area contributed by atoms with Crippen LogP contribution < -0.4 is 0 Å². The van der Waals surface area contributed by atoms with E-state index in [0.29, 0.717) is 11.8 Å². The molecule has 0 aromatic heterocycles. The zero-order valence-electron chi connectivity index (χ0n) is 12.0. The van der Waals surface area contributed by atoms with Gasteiger partial charge in [0.05, 0.1) is 13.0 Å². The van der Waals surface area contributed by atoms with Crippen molar-refractivity contribution in [3.63, 3.8) is 0 Å². The lowest BCUT2D eigenvalue weighted by atomic mass is 9.75. The normalized spacial score (nSPS) is 31.3. The van der Waals surface area contributed by atoms with Gasteiger partial charge in [-0.25, -0.2) is 0 Å². The average Bonchev–Trinajstić information content (AvgIpc) is 3.07. The van der Waals surface area contributed by atoms with Crippen molar-refractivity contribution < 1.29 is 14.3 Å². The molecule has 0 N–H and O–H groups in total. The van der Waals surface area contributed by atoms with Gasteiger partial charge in [-0.1, -0.05) is 29.8 Å². The topological polar surface area (TPSA) is 43.4 Å². The van der Waals surface area contributed by atoms with E-state index in [1.165, 1.54) is 7.11 Å². The molecule has 3 rings (SSSR count). The Hall–Kier alpha value is -1.64. The summed E-state index contributed by atoms with van der Waals surface area (Å²) in [4.78, 5) is 24.8. The molecule has 1 aromatic carbocycles. The van der Waals surface area contributed by atoms with Gasteiger partial charge in [0.15, 0.2) is 5.78 Å². The Morgan fingerprint density at radius 1 is 1.05 bits per heavy atom. The molecule has 20 heavy (non-hydrogen) atoms. The lowest BCUT2D eigenvalue weighted by Crippen LogP contribution is -2.35. The highest BCUT2D eigenvalue weighted by molar-refractivity contribution is 6.00. The number of Topliss-reactive ketones (excluding diaryl/α,β-unsaturated/α-hetero) is 1. The Labute approximate surface area is 119 Å². The molecule has 2 aliphatic rings. The van der Waals surface area contributed by atoms with Crippen LogP contribution >= 0.6 is 0 Å². The second kappa shape index (κ2) is 5.04. The zero-order chi connectivity index (χ0) is 14.3. The van der Waals surface area contributed by atoms with Crippen LogP contribution in [0.2, 0.25) is 0 Å². The summed E-state index contributed by atoms with van der Waals surface area (Å²) in [5.41, 5.74) is 1.86. The van der Waals surface area contributed by atoms with E-state index in [0.717, 1.165) is 30.4 Å². The van der Waals surface area contributed by atoms with Crippen LogP contribution in [0.1, 0.15) is 35.2 Å². The molecule has 0 unspecified atom stereocenters. The highest BCUT2D eigenvalue weighted by Gasteiger charge is 2.54. The van der Waals surface area contributed by atoms with Crippen molar-refractivity contribution in [2.45, 2.75) is 26.2 Å². The maximum absolute atomic E-state index is 12.8. The molecular weight excluding hydrogens is 252 g/mol. The lowest BCUT2D eigenvalue weighted by molar-refractivity contribution is -0.148. The molecule has 0 spiro atoms. The molecule has 0 saturated heterocycles. The first-order chi connectivity index (χ1) is 9.61. The molecule has 0 amide bonds. The first-order valence-electron chi connectivity index (χ1n) is 7.30. The van der Waals surface area contributed by atoms with Gasteiger partial charge in [0, 0.05) is 11.5 Å². The lowest BCUT2D eigenvalue weighted by Gasteiger charge is -2.28. The monoisotopic (exact) mass is 272 g/mol. The number of fused-ring (bicyclic) bond motifs is 2. The minimum Gasteiger partial charge on any atom is -0.469 e. The highest BCUT2D eigenvalue weighted by atomic mass is 16.5. The third kappa shape index (κ3) is 2.05. The molecule has 2 bridgehead atoms. The van der Waals surface area contributed by atoms with Gasteiger partial charge < -0.3 is 4.74 Å². The van der Waals surface area contributed by atoms with E-state index >= 15 is 0 Å². The molecule has 3 heteroatoms. The number of methoxy groups -OCH3 is 1. The first kappa shape index (κ1) is 13.3. The van der Waals surface area contributed by atoms with Crippen LogP contribution in [0.5, 0.6) is 0 Å². The number of ketones is 1. The van der Waals surface area contributed by atoms with Crippen molar-refractivity contribution in [3.05, 3.63) is 35.4 Å². The molecule has 2 fully saturated rings. The summed E-state index contributed by atoms with van der Waals surface area (Å²) in [5, 5.41) is 0. The standard InChI is InChI=1S/C17H20O3/c1-10-3-5-11(6-4-10)16(18)14-12-7-8-13(9-12)15(14)17(19)20-2/h3-6,12-15H,7-9H2,1-2H3/t12-,13+,14+,15+/m0/s1. The fourth-order valence-electron chi connectivity index (χ4n) is 4.05. The van der Waals surface area contributed by atoms with Crippen molar-refractivity contribution in [3.8, 4) is 0 Å². The van der Waals surface area contributed by atoms with Crippen LogP contribution in [0.25, 0.3) is 0 Å². The quantitative estimate of drug-likeness (QED) is 0.627. The minimum absolute atomic E-state index is 0.118. The smallest absolute Gasteiger partial charge is 0.309 e. The molecular formula is C17H20O3. The number of rotatable bonds is 3. The molecule has 1 aromatic rings. The number of carbonyl (C=O) groups excluding carboxylic acids is 2. The van der Waals surface area contributed by atoms with Crippen LogP contribution in [-0.2, 0) is 9.53 Å². The molecule has 0 radical (unpaired) electrons. The Balaban J connectivity index is 1.89. The fourth-order valence-corrected chi connectivity index (χ4v) is 4.05. The van der Waals surface area contributed by atoms with Crippen LogP contribution in [0.4, 0.5) is 0 Å². The Morgan fingerprint density at radius 3 is 2.25 bits per heavy atom. The second-order valence-corrected chi connectivity index (χ2v) is 6.14. The van der Waals surface area contributed by atoms with Gasteiger partial charge in [0.2, 0.25) is 0 Å². The molecule has 4 atom stereocenters. The predicted octanol–water partition coefficient (Wildman–Crippen LogP) is 3.01. The highest BCUT2D eigenvalue weighted by Crippen LogP contribution is 2.53. The van der Waals surface area contributed by atoms with E-state index in [1.807, 2.05) is 31.2 Å². The van der Waals surface area contributed by atoms with E-state index in [9.17, 15) is 9.59 Å². The Kier molecular flexibility index (Phi) is 3.36. The molecule has 0 aliphatic heterocycles. The number of aryl methyl sites for hydroxylation is 1. The van der Waals surface area contributed by atoms with Gasteiger partial charge in [-0.05, 0) is 38.0 Å². The van der Waals surface area contributed by atoms with Gasteiger partial charge in [0.25, 0.3) is 0 Å². The van der Waals surface area contributed by atoms with Crippen molar-refractivity contribution in [1.29, 1.82) is 0 Å². The summed E-state index contributed by atoms with van der Waals surface area (Å²) in [7, 11) is 1.42. The summed E-state index contributed by atoms with van der Waals surface area (Å²) in [6.07, 6.45) is 3.13. The number of benzene rings is 1. The third-order valence-electron chi connectivity index (χ3n) is 5.03. The average molecular weight is 272 g/mol. The Morgan fingerprint density at radius 2 is 1.65 bits per heavy atom. The van der Waals surface area contributed by atoms with E-state index < -0.39 is 0 Å². The first-order valence-corrected chi connectivity index (χ1v) is 7.30. The minimum atomic E-state index is -0.229. The van der Waals surface area contributed by atoms with Gasteiger partial charge in [-0.15, -0.1) is 0 Å². The second-order valence-electron chi connectivity index (χ2n) is 6.14. The van der Waals surface area contributed by atoms with Crippen molar-refractivity contribution in [2.75, 3.05) is 7.11 Å². The zero-order valence-corrected chi connectivity index (χ0v) is 12.0. The van der Waals surface area contributed by atoms with Gasteiger partial charge >= 0.3 is 5.97 Å². The summed E-state index contributed by atoms with van der Waals surface area (Å²) >= 11 is 0. The maximum atomic E-state index is 12.8. The van der Waals surface area contributed by atoms with Gasteiger partial charge in [-0.2, -0.15) is 0 Å². The van der Waals surface area contributed by atoms with Crippen LogP contribution in [-0.4, -0.2) is 18.9 Å². The molecule has 0 heterocycles. The number of hydrogen-bond donors (Lipinski definition) is 0. The van der Waals surface area contributed by atoms with E-state index in [-0.39, 0.29) is 23.6 Å². The largest absolute Gasteiger partial charge is 0.469 e. The number of esters is 1. The Bertz CT molecular complexity index is 532. The van der Waals surface area contributed by atoms with Crippen LogP contribution in [0.15, 0.2) is 24.3 Å². The number of carbonyl (C=O) groups is 2. The number of ether oxygens (including phenoxy) is 1. The van der Waals surface area contributed by atoms with Crippen LogP contribution in [0, 0.1) is 30.6 Å². The molecule has 2 saturated carbocycles. The van der Waals surface area contributed by atoms with Crippen molar-refractivity contribution >= 4 is 11.8 Å². The van der Waals surface area contributed by atoms with E-state index in [1.54, 1.807) is 0 Å². The number of hydrogen-bond acceptors (Lipinski definition) is 3. The predicted molar refractivity (Wildman–Crippen MR) is 75.3 cm³/mol. The molecule has 2 aliphatic carbocycles. The summed E-state index contributed by atoms with van der Waals surface area (Å²) in [5.74, 6) is 0.205. The molecule has 3 nitrogen and oxygen atoms in total. The fraction of sp³-hybridized carbons (Fsp3) is 0.529. The van der Waals surface area contributed by atoms with Crippen LogP contribution in [0.3, 0.4) is 0 Å². The summed E-state index contributed by atoms with van der Waals surface area (Å²) in [6.45, 7) is 2.00. The maximum Gasteiger partial charge on any atom is 0.309 e. The van der Waals surface area contributed by atoms with E-state index in [2.05, 4.69) is 0 Å². The van der Waals surface area contributed by atoms with Crippen molar-refractivity contribution in [2.24, 2.45) is 23.7 Å².